The molecule has 0 saturated heterocycles. The van der Waals surface area contributed by atoms with Gasteiger partial charge < -0.3 is 15.1 Å². The first-order valence-corrected chi connectivity index (χ1v) is 5.57. The molecule has 0 aromatic heterocycles. The molecular formula is C12H16F3NO2. The molecule has 0 aliphatic heterocycles. The minimum Gasteiger partial charge on any atom is -0.507 e. The average molecular weight is 263 g/mol. The van der Waals surface area contributed by atoms with Crippen LogP contribution in [0, 0.1) is 0 Å². The van der Waals surface area contributed by atoms with Crippen LogP contribution in [0.2, 0.25) is 0 Å². The Hall–Kier alpha value is -1.43. The smallest absolute Gasteiger partial charge is 0.405 e. The Kier molecular flexibility index (Phi) is 4.45. The molecule has 0 amide bonds. The van der Waals surface area contributed by atoms with Crippen LogP contribution in [0.5, 0.6) is 5.75 Å². The molecule has 0 fully saturated rings. The van der Waals surface area contributed by atoms with Crippen molar-refractivity contribution >= 4 is 5.69 Å². The molecule has 6 heteroatoms. The third-order valence-electron chi connectivity index (χ3n) is 2.58. The van der Waals surface area contributed by atoms with Gasteiger partial charge in [0.15, 0.2) is 0 Å². The molecule has 0 radical (unpaired) electrons. The summed E-state index contributed by atoms with van der Waals surface area (Å²) in [5.74, 6) is -0.205. The second-order valence-corrected chi connectivity index (χ2v) is 4.05. The van der Waals surface area contributed by atoms with Crippen LogP contribution in [-0.2, 0) is 0 Å². The molecule has 2 N–H and O–H groups in total. The summed E-state index contributed by atoms with van der Waals surface area (Å²) in [6, 6.07) is 4.11. The van der Waals surface area contributed by atoms with Gasteiger partial charge in [0, 0.05) is 23.9 Å². The van der Waals surface area contributed by atoms with Crippen molar-refractivity contribution in [3.8, 4) is 5.75 Å². The molecule has 1 aromatic carbocycles. The number of nitrogens with zero attached hydrogens (tertiary/aromatic N) is 1. The van der Waals surface area contributed by atoms with Gasteiger partial charge in [-0.25, -0.2) is 0 Å². The van der Waals surface area contributed by atoms with Crippen molar-refractivity contribution in [1.29, 1.82) is 0 Å². The number of phenolic OH excluding ortho intramolecular Hbond substituents is 1. The highest BCUT2D eigenvalue weighted by Crippen LogP contribution is 2.30. The van der Waals surface area contributed by atoms with Gasteiger partial charge in [-0.15, -0.1) is 0 Å². The maximum atomic E-state index is 12.3. The number of hydrogen-bond donors (Lipinski definition) is 2. The Morgan fingerprint density at radius 3 is 2.33 bits per heavy atom. The third-order valence-corrected chi connectivity index (χ3v) is 2.58. The predicted molar refractivity (Wildman–Crippen MR) is 62.7 cm³/mol. The number of aliphatic hydroxyl groups excluding tert-OH is 1. The van der Waals surface area contributed by atoms with Gasteiger partial charge in [-0.2, -0.15) is 13.2 Å². The predicted octanol–water partition coefficient (Wildman–Crippen LogP) is 2.83. The van der Waals surface area contributed by atoms with Crippen molar-refractivity contribution in [1.82, 2.24) is 0 Å². The Labute approximate surface area is 103 Å². The molecule has 0 saturated carbocycles. The van der Waals surface area contributed by atoms with E-state index in [-0.39, 0.29) is 18.0 Å². The van der Waals surface area contributed by atoms with Gasteiger partial charge in [0.25, 0.3) is 0 Å². The molecule has 0 aliphatic carbocycles. The summed E-state index contributed by atoms with van der Waals surface area (Å²) in [6.45, 7) is 2.18. The number of anilines is 1. The number of halogens is 3. The van der Waals surface area contributed by atoms with Gasteiger partial charge in [-0.1, -0.05) is 6.07 Å². The van der Waals surface area contributed by atoms with E-state index in [2.05, 4.69) is 0 Å². The number of alkyl halides is 3. The summed E-state index contributed by atoms with van der Waals surface area (Å²) >= 11 is 0. The number of phenols is 1. The lowest BCUT2D eigenvalue weighted by molar-refractivity contribution is -0.119. The summed E-state index contributed by atoms with van der Waals surface area (Å²) in [6.07, 6.45) is -5.16. The van der Waals surface area contributed by atoms with Gasteiger partial charge in [-0.05, 0) is 19.9 Å². The maximum Gasteiger partial charge on any atom is 0.405 e. The van der Waals surface area contributed by atoms with Gasteiger partial charge in [0.1, 0.15) is 12.3 Å². The van der Waals surface area contributed by atoms with Crippen LogP contribution in [0.1, 0.15) is 25.5 Å². The highest BCUT2D eigenvalue weighted by molar-refractivity contribution is 5.53. The molecular weight excluding hydrogens is 247 g/mol. The lowest BCUT2D eigenvalue weighted by atomic mass is 10.1. The summed E-state index contributed by atoms with van der Waals surface area (Å²) in [5, 5.41) is 19.0. The Balaban J connectivity index is 2.98. The van der Waals surface area contributed by atoms with Crippen molar-refractivity contribution in [3.05, 3.63) is 23.8 Å². The molecule has 0 aliphatic rings. The second kappa shape index (κ2) is 5.48. The van der Waals surface area contributed by atoms with Crippen LogP contribution in [-0.4, -0.2) is 29.5 Å². The number of aliphatic hydroxyl groups is 1. The minimum absolute atomic E-state index is 0.174. The molecule has 1 aromatic rings. The standard InChI is InChI=1S/C12H16F3NO2/c1-3-16(7-12(13,14)15)9-4-5-10(8(2)17)11(18)6-9/h4-6,8,17-18H,3,7H2,1-2H3. The van der Waals surface area contributed by atoms with Crippen molar-refractivity contribution in [2.24, 2.45) is 0 Å². The summed E-state index contributed by atoms with van der Waals surface area (Å²) in [5.41, 5.74) is 0.568. The van der Waals surface area contributed by atoms with Crippen molar-refractivity contribution in [2.45, 2.75) is 26.1 Å². The fraction of sp³-hybridized carbons (Fsp3) is 0.500. The van der Waals surface area contributed by atoms with Gasteiger partial charge in [0.2, 0.25) is 0 Å². The van der Waals surface area contributed by atoms with E-state index >= 15 is 0 Å². The van der Waals surface area contributed by atoms with Gasteiger partial charge in [0.05, 0.1) is 6.10 Å². The zero-order chi connectivity index (χ0) is 13.9. The van der Waals surface area contributed by atoms with Crippen molar-refractivity contribution < 1.29 is 23.4 Å². The molecule has 102 valence electrons. The molecule has 1 unspecified atom stereocenters. The van der Waals surface area contributed by atoms with E-state index in [0.29, 0.717) is 5.56 Å². The first-order valence-electron chi connectivity index (χ1n) is 5.57. The second-order valence-electron chi connectivity index (χ2n) is 4.05. The topological polar surface area (TPSA) is 43.7 Å². The molecule has 1 atom stereocenters. The quantitative estimate of drug-likeness (QED) is 0.878. The van der Waals surface area contributed by atoms with Crippen LogP contribution in [0.25, 0.3) is 0 Å². The number of rotatable bonds is 4. The van der Waals surface area contributed by atoms with Crippen LogP contribution < -0.4 is 4.90 Å². The zero-order valence-electron chi connectivity index (χ0n) is 10.2. The lowest BCUT2D eigenvalue weighted by Crippen LogP contribution is -2.34. The summed E-state index contributed by atoms with van der Waals surface area (Å²) in [4.78, 5) is 1.10. The molecule has 0 bridgehead atoms. The van der Waals surface area contributed by atoms with Crippen LogP contribution in [0.15, 0.2) is 18.2 Å². The van der Waals surface area contributed by atoms with E-state index in [1.54, 1.807) is 6.92 Å². The SMILES string of the molecule is CCN(CC(F)(F)F)c1ccc(C(C)O)c(O)c1. The monoisotopic (exact) mass is 263 g/mol. The maximum absolute atomic E-state index is 12.3. The van der Waals surface area contributed by atoms with Crippen LogP contribution in [0.3, 0.4) is 0 Å². The Morgan fingerprint density at radius 2 is 1.94 bits per heavy atom. The molecule has 18 heavy (non-hydrogen) atoms. The first-order chi connectivity index (χ1) is 8.24. The van der Waals surface area contributed by atoms with Gasteiger partial charge >= 0.3 is 6.18 Å². The van der Waals surface area contributed by atoms with Gasteiger partial charge in [-0.3, -0.25) is 0 Å². The number of benzene rings is 1. The van der Waals surface area contributed by atoms with E-state index in [1.807, 2.05) is 0 Å². The average Bonchev–Trinajstić information content (AvgIpc) is 2.24. The first kappa shape index (κ1) is 14.6. The Bertz CT molecular complexity index is 405. The molecule has 0 spiro atoms. The van der Waals surface area contributed by atoms with E-state index in [9.17, 15) is 23.4 Å². The van der Waals surface area contributed by atoms with Crippen LogP contribution in [0.4, 0.5) is 18.9 Å². The van der Waals surface area contributed by atoms with Crippen molar-refractivity contribution in [3.63, 3.8) is 0 Å². The number of aromatic hydroxyl groups is 1. The lowest BCUT2D eigenvalue weighted by Gasteiger charge is -2.25. The van der Waals surface area contributed by atoms with E-state index < -0.39 is 18.8 Å². The van der Waals surface area contributed by atoms with E-state index in [0.717, 1.165) is 4.90 Å². The summed E-state index contributed by atoms with van der Waals surface area (Å²) in [7, 11) is 0. The Morgan fingerprint density at radius 1 is 1.33 bits per heavy atom. The highest BCUT2D eigenvalue weighted by atomic mass is 19.4. The largest absolute Gasteiger partial charge is 0.507 e. The minimum atomic E-state index is -4.30. The third kappa shape index (κ3) is 3.80. The fourth-order valence-electron chi connectivity index (χ4n) is 1.68. The van der Waals surface area contributed by atoms with E-state index in [1.165, 1.54) is 25.1 Å². The van der Waals surface area contributed by atoms with Crippen LogP contribution >= 0.6 is 0 Å². The summed E-state index contributed by atoms with van der Waals surface area (Å²) < 4.78 is 37.0. The van der Waals surface area contributed by atoms with Crippen molar-refractivity contribution in [2.75, 3.05) is 18.0 Å². The number of hydrogen-bond acceptors (Lipinski definition) is 3. The highest BCUT2D eigenvalue weighted by Gasteiger charge is 2.30. The fourth-order valence-corrected chi connectivity index (χ4v) is 1.68. The zero-order valence-corrected chi connectivity index (χ0v) is 10.2. The van der Waals surface area contributed by atoms with E-state index in [4.69, 9.17) is 0 Å². The molecule has 3 nitrogen and oxygen atoms in total. The molecule has 1 rings (SSSR count). The normalized spacial score (nSPS) is 13.4. The molecule has 0 heterocycles.